The molecular formula is C18H17NO. The van der Waals surface area contributed by atoms with Crippen molar-refractivity contribution in [2.45, 2.75) is 19.9 Å². The minimum absolute atomic E-state index is 0.480. The average molecular weight is 263 g/mol. The number of carbonyl (C=O) groups is 1. The fourth-order valence-electron chi connectivity index (χ4n) is 2.81. The van der Waals surface area contributed by atoms with Gasteiger partial charge < -0.3 is 9.36 Å². The molecule has 0 spiro atoms. The predicted octanol–water partition coefficient (Wildman–Crippen LogP) is 3.74. The SMILES string of the molecule is Cc1c(CC=O)c2ccccc2n1Cc1ccccc1. The van der Waals surface area contributed by atoms with Crippen LogP contribution in [0.4, 0.5) is 0 Å². The molecular weight excluding hydrogens is 246 g/mol. The summed E-state index contributed by atoms with van der Waals surface area (Å²) in [4.78, 5) is 10.9. The normalized spacial score (nSPS) is 10.8. The van der Waals surface area contributed by atoms with E-state index in [1.54, 1.807) is 0 Å². The monoisotopic (exact) mass is 263 g/mol. The smallest absolute Gasteiger partial charge is 0.124 e. The molecule has 3 rings (SSSR count). The van der Waals surface area contributed by atoms with Gasteiger partial charge in [0, 0.05) is 29.6 Å². The second kappa shape index (κ2) is 5.33. The van der Waals surface area contributed by atoms with Crippen LogP contribution in [0.1, 0.15) is 16.8 Å². The van der Waals surface area contributed by atoms with Crippen molar-refractivity contribution in [2.75, 3.05) is 0 Å². The standard InChI is InChI=1S/C18H17NO/c1-14-16(11-12-20)17-9-5-6-10-18(17)19(14)13-15-7-3-2-4-8-15/h2-10,12H,11,13H2,1H3. The van der Waals surface area contributed by atoms with E-state index in [0.717, 1.165) is 18.4 Å². The van der Waals surface area contributed by atoms with Gasteiger partial charge >= 0.3 is 0 Å². The molecule has 0 fully saturated rings. The number of para-hydroxylation sites is 1. The molecule has 0 unspecified atom stereocenters. The van der Waals surface area contributed by atoms with Gasteiger partial charge in [-0.15, -0.1) is 0 Å². The van der Waals surface area contributed by atoms with E-state index in [0.29, 0.717) is 6.42 Å². The highest BCUT2D eigenvalue weighted by Gasteiger charge is 2.13. The van der Waals surface area contributed by atoms with Gasteiger partial charge in [0.05, 0.1) is 0 Å². The van der Waals surface area contributed by atoms with Gasteiger partial charge in [-0.25, -0.2) is 0 Å². The second-order valence-electron chi connectivity index (χ2n) is 5.02. The second-order valence-corrected chi connectivity index (χ2v) is 5.02. The number of aromatic nitrogens is 1. The molecule has 0 N–H and O–H groups in total. The molecule has 3 aromatic rings. The topological polar surface area (TPSA) is 22.0 Å². The number of hydrogen-bond donors (Lipinski definition) is 0. The van der Waals surface area contributed by atoms with E-state index >= 15 is 0 Å². The lowest BCUT2D eigenvalue weighted by molar-refractivity contribution is -0.107. The third-order valence-corrected chi connectivity index (χ3v) is 3.83. The molecule has 0 radical (unpaired) electrons. The maximum atomic E-state index is 10.9. The Hall–Kier alpha value is -2.35. The van der Waals surface area contributed by atoms with E-state index < -0.39 is 0 Å². The number of carbonyl (C=O) groups excluding carboxylic acids is 1. The summed E-state index contributed by atoms with van der Waals surface area (Å²) in [5, 5.41) is 1.19. The van der Waals surface area contributed by atoms with Crippen LogP contribution in [-0.4, -0.2) is 10.9 Å². The van der Waals surface area contributed by atoms with Crippen LogP contribution in [0.5, 0.6) is 0 Å². The van der Waals surface area contributed by atoms with Gasteiger partial charge in [0.15, 0.2) is 0 Å². The number of benzene rings is 2. The first-order chi connectivity index (χ1) is 9.81. The summed E-state index contributed by atoms with van der Waals surface area (Å²) in [6, 6.07) is 18.7. The average Bonchev–Trinajstić information content (AvgIpc) is 2.75. The molecule has 0 aliphatic heterocycles. The molecule has 1 heterocycles. The van der Waals surface area contributed by atoms with Gasteiger partial charge in [-0.05, 0) is 24.1 Å². The molecule has 0 aliphatic carbocycles. The highest BCUT2D eigenvalue weighted by molar-refractivity contribution is 5.87. The molecule has 20 heavy (non-hydrogen) atoms. The first kappa shape index (κ1) is 12.7. The molecule has 0 amide bonds. The molecule has 0 atom stereocenters. The Balaban J connectivity index is 2.15. The summed E-state index contributed by atoms with van der Waals surface area (Å²) < 4.78 is 2.30. The molecule has 2 aromatic carbocycles. The maximum Gasteiger partial charge on any atom is 0.124 e. The van der Waals surface area contributed by atoms with Crippen LogP contribution in [0.25, 0.3) is 10.9 Å². The zero-order valence-electron chi connectivity index (χ0n) is 11.5. The Morgan fingerprint density at radius 1 is 1.00 bits per heavy atom. The Bertz CT molecular complexity index is 741. The van der Waals surface area contributed by atoms with E-state index in [2.05, 4.69) is 47.9 Å². The molecule has 0 aliphatic rings. The van der Waals surface area contributed by atoms with Crippen molar-refractivity contribution >= 4 is 17.2 Å². The fraction of sp³-hybridized carbons (Fsp3) is 0.167. The predicted molar refractivity (Wildman–Crippen MR) is 82.0 cm³/mol. The van der Waals surface area contributed by atoms with Crippen molar-refractivity contribution in [1.82, 2.24) is 4.57 Å². The van der Waals surface area contributed by atoms with E-state index in [1.807, 2.05) is 18.2 Å². The molecule has 0 bridgehead atoms. The first-order valence-electron chi connectivity index (χ1n) is 6.85. The van der Waals surface area contributed by atoms with Crippen LogP contribution < -0.4 is 0 Å². The van der Waals surface area contributed by atoms with Crippen molar-refractivity contribution in [3.63, 3.8) is 0 Å². The Morgan fingerprint density at radius 3 is 2.45 bits per heavy atom. The number of hydrogen-bond acceptors (Lipinski definition) is 1. The van der Waals surface area contributed by atoms with Gasteiger partial charge in [-0.2, -0.15) is 0 Å². The van der Waals surface area contributed by atoms with Crippen LogP contribution in [-0.2, 0) is 17.8 Å². The number of aldehydes is 1. The lowest BCUT2D eigenvalue weighted by Crippen LogP contribution is -2.02. The molecule has 2 nitrogen and oxygen atoms in total. The molecule has 0 saturated carbocycles. The summed E-state index contributed by atoms with van der Waals surface area (Å²) in [6.07, 6.45) is 1.47. The number of nitrogens with zero attached hydrogens (tertiary/aromatic N) is 1. The fourth-order valence-corrected chi connectivity index (χ4v) is 2.81. The molecule has 1 aromatic heterocycles. The van der Waals surface area contributed by atoms with Crippen molar-refractivity contribution in [2.24, 2.45) is 0 Å². The van der Waals surface area contributed by atoms with Gasteiger partial charge in [0.2, 0.25) is 0 Å². The van der Waals surface area contributed by atoms with E-state index in [-0.39, 0.29) is 0 Å². The lowest BCUT2D eigenvalue weighted by Gasteiger charge is -2.08. The summed E-state index contributed by atoms with van der Waals surface area (Å²) in [6.45, 7) is 2.94. The van der Waals surface area contributed by atoms with Gasteiger partial charge in [0.25, 0.3) is 0 Å². The van der Waals surface area contributed by atoms with Crippen LogP contribution in [0.3, 0.4) is 0 Å². The number of fused-ring (bicyclic) bond motifs is 1. The maximum absolute atomic E-state index is 10.9. The number of rotatable bonds is 4. The lowest BCUT2D eigenvalue weighted by atomic mass is 10.1. The highest BCUT2D eigenvalue weighted by atomic mass is 16.1. The van der Waals surface area contributed by atoms with Crippen molar-refractivity contribution in [3.8, 4) is 0 Å². The van der Waals surface area contributed by atoms with Crippen molar-refractivity contribution in [1.29, 1.82) is 0 Å². The zero-order chi connectivity index (χ0) is 13.9. The Labute approximate surface area is 118 Å². The first-order valence-corrected chi connectivity index (χ1v) is 6.85. The Morgan fingerprint density at radius 2 is 1.70 bits per heavy atom. The van der Waals surface area contributed by atoms with E-state index in [1.165, 1.54) is 22.2 Å². The summed E-state index contributed by atoms with van der Waals surface area (Å²) in [7, 11) is 0. The quantitative estimate of drug-likeness (QED) is 0.657. The van der Waals surface area contributed by atoms with Gasteiger partial charge in [-0.3, -0.25) is 0 Å². The van der Waals surface area contributed by atoms with Crippen LogP contribution in [0, 0.1) is 6.92 Å². The minimum Gasteiger partial charge on any atom is -0.340 e. The highest BCUT2D eigenvalue weighted by Crippen LogP contribution is 2.26. The molecule has 100 valence electrons. The van der Waals surface area contributed by atoms with Gasteiger partial charge in [-0.1, -0.05) is 48.5 Å². The third-order valence-electron chi connectivity index (χ3n) is 3.83. The van der Waals surface area contributed by atoms with Crippen LogP contribution in [0.2, 0.25) is 0 Å². The summed E-state index contributed by atoms with van der Waals surface area (Å²) in [5.41, 5.74) is 4.80. The minimum atomic E-state index is 0.480. The van der Waals surface area contributed by atoms with E-state index in [9.17, 15) is 4.79 Å². The molecule has 2 heteroatoms. The molecule has 0 saturated heterocycles. The van der Waals surface area contributed by atoms with Crippen molar-refractivity contribution < 1.29 is 4.79 Å². The zero-order valence-corrected chi connectivity index (χ0v) is 11.5. The Kier molecular flexibility index (Phi) is 3.38. The largest absolute Gasteiger partial charge is 0.340 e. The third kappa shape index (κ3) is 2.14. The van der Waals surface area contributed by atoms with Gasteiger partial charge in [0.1, 0.15) is 6.29 Å². The summed E-state index contributed by atoms with van der Waals surface area (Å²) >= 11 is 0. The summed E-state index contributed by atoms with van der Waals surface area (Å²) in [5.74, 6) is 0. The van der Waals surface area contributed by atoms with Crippen LogP contribution >= 0.6 is 0 Å². The van der Waals surface area contributed by atoms with Crippen LogP contribution in [0.15, 0.2) is 54.6 Å². The van der Waals surface area contributed by atoms with Crippen molar-refractivity contribution in [3.05, 3.63) is 71.4 Å². The van der Waals surface area contributed by atoms with E-state index in [4.69, 9.17) is 0 Å².